The van der Waals surface area contributed by atoms with Crippen LogP contribution in [-0.4, -0.2) is 106 Å². The van der Waals surface area contributed by atoms with Gasteiger partial charge in [-0.2, -0.15) is 0 Å². The maximum absolute atomic E-state index is 12.8. The number of benzene rings is 4. The Balaban J connectivity index is 0.000000170. The van der Waals surface area contributed by atoms with Gasteiger partial charge in [0.05, 0.1) is 72.1 Å². The van der Waals surface area contributed by atoms with Crippen molar-refractivity contribution in [1.29, 1.82) is 0 Å². The van der Waals surface area contributed by atoms with E-state index in [0.717, 1.165) is 70.7 Å². The second kappa shape index (κ2) is 20.7. The van der Waals surface area contributed by atoms with Crippen molar-refractivity contribution >= 4 is 68.0 Å². The SMILES string of the molecule is Cc1cc(N2CCOCC2)cc2[nH]c(-c3c(NC[C@@H](O)c4cccc(Cl)c4)cc[nH]c3=O)nc12.Cc1cc(N2CCOCC2)cc2[nH]c(-c3c(NC[C@@H](O)c4cccc(Cl)c4)cc[nH]c3=O)nc12. The number of ether oxygens (including phenoxy) is 2. The summed E-state index contributed by atoms with van der Waals surface area (Å²) < 4.78 is 10.9. The molecule has 0 aliphatic carbocycles. The molecule has 0 spiro atoms. The predicted octanol–water partition coefficient (Wildman–Crippen LogP) is 7.72. The molecule has 2 saturated heterocycles. The maximum atomic E-state index is 12.8. The molecule has 6 heterocycles. The van der Waals surface area contributed by atoms with E-state index in [-0.39, 0.29) is 24.2 Å². The number of aromatic amines is 4. The van der Waals surface area contributed by atoms with Crippen molar-refractivity contribution in [2.45, 2.75) is 26.1 Å². The zero-order chi connectivity index (χ0) is 47.3. The molecule has 8 aromatic rings. The Morgan fingerprint density at radius 3 is 1.43 bits per heavy atom. The Morgan fingerprint density at radius 2 is 1.03 bits per heavy atom. The number of H-pyrrole nitrogens is 4. The number of halogens is 2. The Morgan fingerprint density at radius 1 is 0.618 bits per heavy atom. The lowest BCUT2D eigenvalue weighted by molar-refractivity contribution is 0.122. The van der Waals surface area contributed by atoms with Gasteiger partial charge in [0.25, 0.3) is 11.1 Å². The molecule has 10 rings (SSSR count). The van der Waals surface area contributed by atoms with Gasteiger partial charge < -0.3 is 60.1 Å². The fourth-order valence-corrected chi connectivity index (χ4v) is 8.98. The molecular formula is C50H52Cl2N10O6. The van der Waals surface area contributed by atoms with E-state index < -0.39 is 12.2 Å². The summed E-state index contributed by atoms with van der Waals surface area (Å²) >= 11 is 12.1. The minimum atomic E-state index is -0.792. The number of aliphatic hydroxyl groups excluding tert-OH is 2. The van der Waals surface area contributed by atoms with Crippen molar-refractivity contribution in [3.05, 3.63) is 150 Å². The summed E-state index contributed by atoms with van der Waals surface area (Å²) in [6, 6.07) is 26.1. The third-order valence-electron chi connectivity index (χ3n) is 12.1. The molecule has 68 heavy (non-hydrogen) atoms. The number of rotatable bonds is 12. The Kier molecular flexibility index (Phi) is 14.1. The number of anilines is 4. The van der Waals surface area contributed by atoms with E-state index in [1.54, 1.807) is 60.9 Å². The monoisotopic (exact) mass is 958 g/mol. The van der Waals surface area contributed by atoms with Crippen LogP contribution in [0.1, 0.15) is 34.5 Å². The van der Waals surface area contributed by atoms with Gasteiger partial charge in [0, 0.05) is 73.1 Å². The predicted molar refractivity (Wildman–Crippen MR) is 270 cm³/mol. The molecule has 4 aromatic heterocycles. The summed E-state index contributed by atoms with van der Waals surface area (Å²) in [5.41, 5.74) is 10.4. The fourth-order valence-electron chi connectivity index (χ4n) is 8.59. The second-order valence-corrected chi connectivity index (χ2v) is 17.7. The highest BCUT2D eigenvalue weighted by atomic mass is 35.5. The first-order valence-corrected chi connectivity index (χ1v) is 23.2. The molecule has 2 aliphatic rings. The molecule has 2 aliphatic heterocycles. The van der Waals surface area contributed by atoms with Gasteiger partial charge in [-0.05, 0) is 96.8 Å². The molecule has 0 bridgehead atoms. The van der Waals surface area contributed by atoms with E-state index in [2.05, 4.69) is 64.6 Å². The first-order valence-electron chi connectivity index (χ1n) is 22.4. The van der Waals surface area contributed by atoms with Crippen LogP contribution in [0.5, 0.6) is 0 Å². The largest absolute Gasteiger partial charge is 0.387 e. The molecule has 2 atom stereocenters. The quantitative estimate of drug-likeness (QED) is 0.0592. The van der Waals surface area contributed by atoms with Gasteiger partial charge in [0.2, 0.25) is 0 Å². The van der Waals surface area contributed by atoms with E-state index >= 15 is 0 Å². The van der Waals surface area contributed by atoms with Crippen molar-refractivity contribution in [2.24, 2.45) is 0 Å². The summed E-state index contributed by atoms with van der Waals surface area (Å²) in [7, 11) is 0. The van der Waals surface area contributed by atoms with Gasteiger partial charge in [-0.3, -0.25) is 9.59 Å². The summed E-state index contributed by atoms with van der Waals surface area (Å²) in [5.74, 6) is 0.942. The molecule has 4 aromatic carbocycles. The van der Waals surface area contributed by atoms with E-state index in [4.69, 9.17) is 42.6 Å². The van der Waals surface area contributed by atoms with Crippen molar-refractivity contribution in [2.75, 3.05) is 86.1 Å². The number of aliphatic hydroxyl groups is 2. The van der Waals surface area contributed by atoms with E-state index in [9.17, 15) is 19.8 Å². The second-order valence-electron chi connectivity index (χ2n) is 16.8. The van der Waals surface area contributed by atoms with Gasteiger partial charge in [-0.15, -0.1) is 0 Å². The normalized spacial score (nSPS) is 15.0. The topological polar surface area (TPSA) is 213 Å². The number of morpholine rings is 2. The van der Waals surface area contributed by atoms with Crippen LogP contribution in [-0.2, 0) is 9.47 Å². The van der Waals surface area contributed by atoms with E-state index in [1.807, 2.05) is 26.0 Å². The third-order valence-corrected chi connectivity index (χ3v) is 12.6. The van der Waals surface area contributed by atoms with E-state index in [0.29, 0.717) is 81.8 Å². The number of nitrogens with zero attached hydrogens (tertiary/aromatic N) is 4. The van der Waals surface area contributed by atoms with Crippen LogP contribution in [0, 0.1) is 13.8 Å². The highest BCUT2D eigenvalue weighted by Crippen LogP contribution is 2.32. The average molecular weight is 960 g/mol. The number of hydrogen-bond acceptors (Lipinski definition) is 12. The summed E-state index contributed by atoms with van der Waals surface area (Å²) in [6.45, 7) is 10.7. The molecule has 2 fully saturated rings. The molecule has 0 radical (unpaired) electrons. The molecule has 16 nitrogen and oxygen atoms in total. The minimum absolute atomic E-state index is 0.206. The minimum Gasteiger partial charge on any atom is -0.387 e. The van der Waals surface area contributed by atoms with Crippen LogP contribution in [0.3, 0.4) is 0 Å². The van der Waals surface area contributed by atoms with Gasteiger partial charge in [-0.1, -0.05) is 47.5 Å². The molecule has 0 saturated carbocycles. The lowest BCUT2D eigenvalue weighted by atomic mass is 10.1. The lowest BCUT2D eigenvalue weighted by Crippen LogP contribution is -2.36. The average Bonchev–Trinajstić information content (AvgIpc) is 3.99. The van der Waals surface area contributed by atoms with Gasteiger partial charge in [0.1, 0.15) is 22.8 Å². The summed E-state index contributed by atoms with van der Waals surface area (Å²) in [5, 5.41) is 28.7. The van der Waals surface area contributed by atoms with Crippen LogP contribution in [0.4, 0.5) is 22.7 Å². The number of nitrogens with one attached hydrogen (secondary N) is 6. The smallest absolute Gasteiger partial charge is 0.261 e. The van der Waals surface area contributed by atoms with Crippen molar-refractivity contribution in [1.82, 2.24) is 29.9 Å². The Labute approximate surface area is 401 Å². The van der Waals surface area contributed by atoms with Crippen LogP contribution < -0.4 is 31.6 Å². The van der Waals surface area contributed by atoms with Gasteiger partial charge in [-0.25, -0.2) is 9.97 Å². The third kappa shape index (κ3) is 10.4. The summed E-state index contributed by atoms with van der Waals surface area (Å²) in [4.78, 5) is 51.8. The van der Waals surface area contributed by atoms with Gasteiger partial charge >= 0.3 is 0 Å². The number of fused-ring (bicyclic) bond motifs is 2. The Bertz CT molecular complexity index is 2960. The number of pyridine rings is 2. The Hall–Kier alpha value is -6.66. The van der Waals surface area contributed by atoms with Crippen molar-refractivity contribution in [3.63, 3.8) is 0 Å². The number of hydrogen-bond donors (Lipinski definition) is 8. The van der Waals surface area contributed by atoms with Crippen LogP contribution in [0.15, 0.2) is 107 Å². The highest BCUT2D eigenvalue weighted by Gasteiger charge is 2.21. The van der Waals surface area contributed by atoms with Crippen LogP contribution >= 0.6 is 23.2 Å². The van der Waals surface area contributed by atoms with Gasteiger partial charge in [0.15, 0.2) is 0 Å². The molecular weight excluding hydrogens is 908 g/mol. The van der Waals surface area contributed by atoms with Crippen molar-refractivity contribution < 1.29 is 19.7 Å². The zero-order valence-electron chi connectivity index (χ0n) is 37.5. The summed E-state index contributed by atoms with van der Waals surface area (Å²) in [6.07, 6.45) is 1.56. The lowest BCUT2D eigenvalue weighted by Gasteiger charge is -2.29. The zero-order valence-corrected chi connectivity index (χ0v) is 39.0. The fraction of sp³-hybridized carbons (Fsp3) is 0.280. The molecule has 0 unspecified atom stereocenters. The molecule has 352 valence electrons. The highest BCUT2D eigenvalue weighted by molar-refractivity contribution is 6.30. The molecule has 0 amide bonds. The number of aromatic nitrogens is 6. The maximum Gasteiger partial charge on any atom is 0.261 e. The first kappa shape index (κ1) is 46.5. The number of imidazole rings is 2. The molecule has 18 heteroatoms. The van der Waals surface area contributed by atoms with Crippen LogP contribution in [0.2, 0.25) is 10.0 Å². The molecule has 8 N–H and O–H groups in total. The van der Waals surface area contributed by atoms with E-state index in [1.165, 1.54) is 0 Å². The first-order chi connectivity index (χ1) is 33.0. The van der Waals surface area contributed by atoms with Crippen molar-refractivity contribution in [3.8, 4) is 22.8 Å². The van der Waals surface area contributed by atoms with Crippen LogP contribution in [0.25, 0.3) is 44.8 Å². The standard InChI is InChI=1S/2C25H26ClN5O3/c2*1-15-11-18(31-7-9-34-10-8-31)13-20-23(15)30-24(29-20)22-19(5-6-27-25(22)33)28-14-21(32)16-3-2-4-17(26)12-16/h2*2-6,11-13,21,32H,7-10,14H2,1H3,(H,29,30)(H2,27,28,33)/t2*21-/m11/s1. The number of aryl methyl sites for hydroxylation is 2.